The molecule has 0 spiro atoms. The average Bonchev–Trinajstić information content (AvgIpc) is 2.06. The van der Waals surface area contributed by atoms with Crippen LogP contribution in [0.3, 0.4) is 0 Å². The van der Waals surface area contributed by atoms with Gasteiger partial charge in [0.25, 0.3) is 0 Å². The van der Waals surface area contributed by atoms with Crippen molar-refractivity contribution in [1.29, 1.82) is 0 Å². The van der Waals surface area contributed by atoms with Crippen LogP contribution in [0.1, 0.15) is 18.4 Å². The van der Waals surface area contributed by atoms with Crippen molar-refractivity contribution in [3.8, 4) is 0 Å². The molecule has 0 amide bonds. The molecule has 2 heteroatoms. The highest BCUT2D eigenvalue weighted by Crippen LogP contribution is 2.30. The first kappa shape index (κ1) is 9.04. The van der Waals surface area contributed by atoms with E-state index in [1.807, 2.05) is 12.1 Å². The van der Waals surface area contributed by atoms with Crippen LogP contribution in [-0.2, 0) is 6.42 Å². The van der Waals surface area contributed by atoms with Crippen molar-refractivity contribution in [3.05, 3.63) is 34.9 Å². The summed E-state index contributed by atoms with van der Waals surface area (Å²) in [6.45, 7) is 0. The van der Waals surface area contributed by atoms with Gasteiger partial charge in [0.2, 0.25) is 0 Å². The third-order valence-corrected chi connectivity index (χ3v) is 2.90. The fourth-order valence-electron chi connectivity index (χ4n) is 1.82. The second-order valence-electron chi connectivity index (χ2n) is 3.82. The van der Waals surface area contributed by atoms with Crippen molar-refractivity contribution in [2.24, 2.45) is 5.92 Å². The van der Waals surface area contributed by atoms with Crippen LogP contribution >= 0.6 is 11.6 Å². The topological polar surface area (TPSA) is 20.2 Å². The molecule has 1 fully saturated rings. The molecule has 0 aromatic heterocycles. The minimum Gasteiger partial charge on any atom is -0.393 e. The van der Waals surface area contributed by atoms with Crippen LogP contribution in [0.5, 0.6) is 0 Å². The van der Waals surface area contributed by atoms with Gasteiger partial charge in [-0.25, -0.2) is 0 Å². The summed E-state index contributed by atoms with van der Waals surface area (Å²) >= 11 is 5.78. The van der Waals surface area contributed by atoms with Gasteiger partial charge in [0, 0.05) is 5.02 Å². The van der Waals surface area contributed by atoms with Crippen LogP contribution in [0.4, 0.5) is 0 Å². The molecule has 1 nitrogen and oxygen atoms in total. The van der Waals surface area contributed by atoms with Crippen molar-refractivity contribution in [3.63, 3.8) is 0 Å². The van der Waals surface area contributed by atoms with E-state index >= 15 is 0 Å². The van der Waals surface area contributed by atoms with E-state index in [9.17, 15) is 0 Å². The summed E-state index contributed by atoms with van der Waals surface area (Å²) in [4.78, 5) is 0. The van der Waals surface area contributed by atoms with E-state index < -0.39 is 0 Å². The molecule has 1 aliphatic carbocycles. The maximum atomic E-state index is 9.12. The zero-order valence-electron chi connectivity index (χ0n) is 7.41. The number of hydrogen-bond donors (Lipinski definition) is 1. The molecule has 1 aromatic rings. The van der Waals surface area contributed by atoms with E-state index in [-0.39, 0.29) is 6.10 Å². The highest BCUT2D eigenvalue weighted by molar-refractivity contribution is 6.30. The Morgan fingerprint density at radius 1 is 1.23 bits per heavy atom. The molecule has 1 aliphatic rings. The second kappa shape index (κ2) is 3.69. The van der Waals surface area contributed by atoms with Crippen LogP contribution in [0.2, 0.25) is 5.02 Å². The Hall–Kier alpha value is -0.530. The first-order valence-corrected chi connectivity index (χ1v) is 5.04. The monoisotopic (exact) mass is 196 g/mol. The minimum atomic E-state index is -0.0442. The first-order chi connectivity index (χ1) is 6.24. The normalized spacial score (nSPS) is 26.9. The lowest BCUT2D eigenvalue weighted by Crippen LogP contribution is -2.29. The number of halogens is 1. The maximum absolute atomic E-state index is 9.12. The van der Waals surface area contributed by atoms with E-state index in [0.717, 1.165) is 24.3 Å². The Bertz CT molecular complexity index is 275. The van der Waals surface area contributed by atoms with Crippen molar-refractivity contribution < 1.29 is 5.11 Å². The van der Waals surface area contributed by atoms with Gasteiger partial charge in [0.15, 0.2) is 0 Å². The molecule has 1 N–H and O–H groups in total. The minimum absolute atomic E-state index is 0.0442. The van der Waals surface area contributed by atoms with Gasteiger partial charge in [-0.3, -0.25) is 0 Å². The SMILES string of the molecule is OC1CC(Cc2ccc(Cl)cc2)C1. The summed E-state index contributed by atoms with van der Waals surface area (Å²) in [5, 5.41) is 9.91. The van der Waals surface area contributed by atoms with Gasteiger partial charge in [-0.15, -0.1) is 0 Å². The molecular weight excluding hydrogens is 184 g/mol. The third kappa shape index (κ3) is 2.23. The number of rotatable bonds is 2. The van der Waals surface area contributed by atoms with Gasteiger partial charge in [-0.1, -0.05) is 23.7 Å². The Morgan fingerprint density at radius 2 is 1.85 bits per heavy atom. The van der Waals surface area contributed by atoms with Gasteiger partial charge in [0.05, 0.1) is 6.10 Å². The van der Waals surface area contributed by atoms with Crippen LogP contribution in [0.15, 0.2) is 24.3 Å². The quantitative estimate of drug-likeness (QED) is 0.771. The predicted octanol–water partition coefficient (Wildman–Crippen LogP) is 2.65. The van der Waals surface area contributed by atoms with Crippen LogP contribution in [0.25, 0.3) is 0 Å². The number of hydrogen-bond acceptors (Lipinski definition) is 1. The van der Waals surface area contributed by atoms with E-state index in [0.29, 0.717) is 5.92 Å². The predicted molar refractivity (Wildman–Crippen MR) is 53.9 cm³/mol. The lowest BCUT2D eigenvalue weighted by Gasteiger charge is -2.31. The third-order valence-electron chi connectivity index (χ3n) is 2.65. The Kier molecular flexibility index (Phi) is 2.56. The van der Waals surface area contributed by atoms with Gasteiger partial charge in [-0.05, 0) is 42.9 Å². The maximum Gasteiger partial charge on any atom is 0.0545 e. The lowest BCUT2D eigenvalue weighted by molar-refractivity contribution is 0.0432. The second-order valence-corrected chi connectivity index (χ2v) is 4.26. The van der Waals surface area contributed by atoms with Crippen molar-refractivity contribution in [2.45, 2.75) is 25.4 Å². The van der Waals surface area contributed by atoms with E-state index in [1.165, 1.54) is 5.56 Å². The van der Waals surface area contributed by atoms with Crippen molar-refractivity contribution in [1.82, 2.24) is 0 Å². The van der Waals surface area contributed by atoms with E-state index in [1.54, 1.807) is 0 Å². The summed E-state index contributed by atoms with van der Waals surface area (Å²) in [7, 11) is 0. The van der Waals surface area contributed by atoms with Gasteiger partial charge >= 0.3 is 0 Å². The van der Waals surface area contributed by atoms with E-state index in [2.05, 4.69) is 12.1 Å². The Morgan fingerprint density at radius 3 is 2.38 bits per heavy atom. The van der Waals surface area contributed by atoms with Crippen LogP contribution in [-0.4, -0.2) is 11.2 Å². The van der Waals surface area contributed by atoms with Gasteiger partial charge in [0.1, 0.15) is 0 Å². The average molecular weight is 197 g/mol. The molecule has 0 heterocycles. The van der Waals surface area contributed by atoms with Crippen LogP contribution in [0, 0.1) is 5.92 Å². The molecule has 0 bridgehead atoms. The number of aliphatic hydroxyl groups excluding tert-OH is 1. The molecule has 0 saturated heterocycles. The molecule has 70 valence electrons. The standard InChI is InChI=1S/C11H13ClO/c12-10-3-1-8(2-4-10)5-9-6-11(13)7-9/h1-4,9,11,13H,5-7H2. The van der Waals surface area contributed by atoms with Gasteiger partial charge < -0.3 is 5.11 Å². The smallest absolute Gasteiger partial charge is 0.0545 e. The largest absolute Gasteiger partial charge is 0.393 e. The fraction of sp³-hybridized carbons (Fsp3) is 0.455. The molecule has 1 aromatic carbocycles. The van der Waals surface area contributed by atoms with Gasteiger partial charge in [-0.2, -0.15) is 0 Å². The highest BCUT2D eigenvalue weighted by atomic mass is 35.5. The number of aliphatic hydroxyl groups is 1. The van der Waals surface area contributed by atoms with E-state index in [4.69, 9.17) is 16.7 Å². The first-order valence-electron chi connectivity index (χ1n) is 4.66. The molecule has 0 radical (unpaired) electrons. The summed E-state index contributed by atoms with van der Waals surface area (Å²) in [6, 6.07) is 7.97. The zero-order valence-corrected chi connectivity index (χ0v) is 8.17. The fourth-order valence-corrected chi connectivity index (χ4v) is 1.95. The molecule has 0 atom stereocenters. The molecule has 1 saturated carbocycles. The zero-order chi connectivity index (χ0) is 9.26. The van der Waals surface area contributed by atoms with Crippen molar-refractivity contribution in [2.75, 3.05) is 0 Å². The van der Waals surface area contributed by atoms with Crippen molar-refractivity contribution >= 4 is 11.6 Å². The summed E-state index contributed by atoms with van der Waals surface area (Å²) in [5.41, 5.74) is 1.32. The summed E-state index contributed by atoms with van der Waals surface area (Å²) in [5.74, 6) is 0.677. The molecular formula is C11H13ClO. The summed E-state index contributed by atoms with van der Waals surface area (Å²) < 4.78 is 0. The Labute approximate surface area is 83.3 Å². The summed E-state index contributed by atoms with van der Waals surface area (Å²) in [6.07, 6.45) is 2.96. The molecule has 0 unspecified atom stereocenters. The highest BCUT2D eigenvalue weighted by Gasteiger charge is 2.26. The lowest BCUT2D eigenvalue weighted by atomic mass is 9.78. The number of benzene rings is 1. The van der Waals surface area contributed by atoms with Crippen LogP contribution < -0.4 is 0 Å². The molecule has 0 aliphatic heterocycles. The molecule has 2 rings (SSSR count). The molecule has 13 heavy (non-hydrogen) atoms. The Balaban J connectivity index is 1.91.